The minimum absolute atomic E-state index is 0.0477. The smallest absolute Gasteiger partial charge is 0.287 e. The Morgan fingerprint density at radius 1 is 1.29 bits per heavy atom. The zero-order valence-corrected chi connectivity index (χ0v) is 11.2. The average molecular weight is 256 g/mol. The molecule has 0 saturated heterocycles. The molecule has 1 aromatic carbocycles. The molecule has 0 fully saturated rings. The van der Waals surface area contributed by atoms with Gasteiger partial charge >= 0.3 is 0 Å². The van der Waals surface area contributed by atoms with Crippen molar-refractivity contribution in [2.75, 3.05) is 0 Å². The molecule has 0 radical (unpaired) electrons. The van der Waals surface area contributed by atoms with Crippen LogP contribution >= 0.6 is 12.2 Å². The zero-order chi connectivity index (χ0) is 13.3. The summed E-state index contributed by atoms with van der Waals surface area (Å²) in [4.78, 5) is 0. The van der Waals surface area contributed by atoms with Gasteiger partial charge in [0.1, 0.15) is 17.9 Å². The summed E-state index contributed by atoms with van der Waals surface area (Å²) in [7, 11) is 0. The molecule has 0 bridgehead atoms. The van der Waals surface area contributed by atoms with Crippen LogP contribution in [0.1, 0.15) is 26.3 Å². The van der Waals surface area contributed by atoms with E-state index >= 15 is 0 Å². The molecule has 0 heterocycles. The van der Waals surface area contributed by atoms with Crippen molar-refractivity contribution in [2.24, 2.45) is 11.6 Å². The average Bonchev–Trinajstić information content (AvgIpc) is 2.19. The van der Waals surface area contributed by atoms with Gasteiger partial charge in [-0.2, -0.15) is 10.4 Å². The van der Waals surface area contributed by atoms with Crippen molar-refractivity contribution in [1.82, 2.24) is 0 Å². The molecule has 0 saturated carbocycles. The second-order valence-corrected chi connectivity index (χ2v) is 5.58. The number of hydrogen-bond acceptors (Lipinski definition) is 2. The van der Waals surface area contributed by atoms with E-state index in [-0.39, 0.29) is 21.1 Å². The van der Waals surface area contributed by atoms with Crippen LogP contribution in [-0.4, -0.2) is 15.2 Å². The number of nitrogens with two attached hydrogens (primary N) is 2. The van der Waals surface area contributed by atoms with Gasteiger partial charge in [-0.25, -0.2) is 4.39 Å². The van der Waals surface area contributed by atoms with Gasteiger partial charge in [0.15, 0.2) is 0 Å². The van der Waals surface area contributed by atoms with Gasteiger partial charge in [-0.15, -0.1) is 0 Å². The number of quaternary nitrogens is 1. The van der Waals surface area contributed by atoms with Crippen molar-refractivity contribution in [1.29, 1.82) is 0 Å². The van der Waals surface area contributed by atoms with E-state index in [9.17, 15) is 4.39 Å². The summed E-state index contributed by atoms with van der Waals surface area (Å²) >= 11 is 5.05. The van der Waals surface area contributed by atoms with E-state index in [1.165, 1.54) is 12.1 Å². The predicted molar refractivity (Wildman–Crippen MR) is 71.1 cm³/mol. The van der Waals surface area contributed by atoms with Gasteiger partial charge in [-0.1, -0.05) is 12.1 Å². The number of hydrogen-bond donors (Lipinski definition) is 2. The van der Waals surface area contributed by atoms with Crippen LogP contribution in [0.4, 0.5) is 4.39 Å². The number of benzene rings is 1. The molecule has 17 heavy (non-hydrogen) atoms. The highest BCUT2D eigenvalue weighted by Gasteiger charge is 2.41. The van der Waals surface area contributed by atoms with E-state index in [0.29, 0.717) is 6.54 Å². The first-order chi connectivity index (χ1) is 7.67. The Labute approximate surface area is 107 Å². The lowest BCUT2D eigenvalue weighted by molar-refractivity contribution is -0.912. The summed E-state index contributed by atoms with van der Waals surface area (Å²) in [5.74, 6) is 6.00. The van der Waals surface area contributed by atoms with Crippen LogP contribution in [0.5, 0.6) is 0 Å². The van der Waals surface area contributed by atoms with E-state index in [1.54, 1.807) is 12.1 Å². The van der Waals surface area contributed by atoms with Crippen LogP contribution in [0, 0.1) is 5.82 Å². The van der Waals surface area contributed by atoms with E-state index in [1.807, 2.05) is 20.8 Å². The van der Waals surface area contributed by atoms with Gasteiger partial charge in [0.05, 0.1) is 0 Å². The van der Waals surface area contributed by atoms with Crippen molar-refractivity contribution in [3.05, 3.63) is 35.6 Å². The highest BCUT2D eigenvalue weighted by atomic mass is 32.1. The lowest BCUT2D eigenvalue weighted by atomic mass is 10.0. The quantitative estimate of drug-likeness (QED) is 0.368. The first-order valence-corrected chi connectivity index (χ1v) is 5.79. The molecule has 0 aliphatic heterocycles. The Balaban J connectivity index is 3.04. The van der Waals surface area contributed by atoms with Crippen LogP contribution in [0.15, 0.2) is 24.3 Å². The largest absolute Gasteiger partial charge is 0.343 e. The first kappa shape index (κ1) is 14.0. The van der Waals surface area contributed by atoms with E-state index in [0.717, 1.165) is 5.56 Å². The molecule has 0 spiro atoms. The maximum absolute atomic E-state index is 12.8. The predicted octanol–water partition coefficient (Wildman–Crippen LogP) is 2.06. The lowest BCUT2D eigenvalue weighted by Gasteiger charge is -2.41. The van der Waals surface area contributed by atoms with E-state index in [4.69, 9.17) is 23.8 Å². The molecule has 0 amide bonds. The molecule has 5 heteroatoms. The Morgan fingerprint density at radius 2 is 1.76 bits per heavy atom. The maximum atomic E-state index is 12.8. The van der Waals surface area contributed by atoms with Gasteiger partial charge in [-0.3, -0.25) is 0 Å². The van der Waals surface area contributed by atoms with Crippen molar-refractivity contribution in [3.63, 3.8) is 0 Å². The third-order valence-electron chi connectivity index (χ3n) is 2.94. The molecule has 1 rings (SSSR count). The van der Waals surface area contributed by atoms with E-state index < -0.39 is 0 Å². The summed E-state index contributed by atoms with van der Waals surface area (Å²) in [6.45, 7) is 6.35. The Bertz CT molecular complexity index is 411. The second-order valence-electron chi connectivity index (χ2n) is 5.16. The fourth-order valence-corrected chi connectivity index (χ4v) is 1.86. The van der Waals surface area contributed by atoms with E-state index in [2.05, 4.69) is 0 Å². The van der Waals surface area contributed by atoms with Gasteiger partial charge in [-0.05, 0) is 32.9 Å². The maximum Gasteiger partial charge on any atom is 0.287 e. The molecule has 0 aliphatic carbocycles. The highest BCUT2D eigenvalue weighted by Crippen LogP contribution is 2.23. The van der Waals surface area contributed by atoms with Crippen LogP contribution < -0.4 is 11.6 Å². The molecule has 3 nitrogen and oxygen atoms in total. The molecule has 0 aliphatic rings. The molecule has 0 aromatic heterocycles. The summed E-state index contributed by atoms with van der Waals surface area (Å²) in [6, 6.07) is 6.20. The van der Waals surface area contributed by atoms with Gasteiger partial charge in [0.2, 0.25) is 0 Å². The monoisotopic (exact) mass is 256 g/mol. The minimum atomic E-state index is -0.319. The third kappa shape index (κ3) is 3.00. The molecule has 94 valence electrons. The number of thiocarbonyl (C=S) groups is 1. The van der Waals surface area contributed by atoms with Crippen molar-refractivity contribution >= 4 is 17.3 Å². The molecular weight excluding hydrogens is 237 g/mol. The van der Waals surface area contributed by atoms with Crippen molar-refractivity contribution in [3.8, 4) is 0 Å². The Hall–Kier alpha value is -1.04. The summed E-state index contributed by atoms with van der Waals surface area (Å²) in [6.07, 6.45) is 0. The molecule has 1 unspecified atom stereocenters. The number of halogens is 1. The zero-order valence-electron chi connectivity index (χ0n) is 10.4. The molecule has 1 aromatic rings. The lowest BCUT2D eigenvalue weighted by Crippen LogP contribution is -2.69. The number of rotatable bonds is 2. The number of nitrogens with zero attached hydrogens (tertiary/aromatic N) is 1. The Morgan fingerprint density at radius 3 is 2.12 bits per heavy atom. The molecular formula is C12H19FN3S+. The normalized spacial score (nSPS) is 15.4. The standard InChI is InChI=1S/C12H18FN3S/c1-12(2,3)16(15,11(14)17)8-9-4-6-10(13)7-5-9/h4-7H,8,15H2,1-3H3,(H-,14,17)/p+1. The van der Waals surface area contributed by atoms with Crippen LogP contribution in [-0.2, 0) is 6.54 Å². The third-order valence-corrected chi connectivity index (χ3v) is 3.26. The summed E-state index contributed by atoms with van der Waals surface area (Å²) < 4.78 is 12.8. The fourth-order valence-electron chi connectivity index (χ4n) is 1.52. The second kappa shape index (κ2) is 4.68. The van der Waals surface area contributed by atoms with Crippen LogP contribution in [0.2, 0.25) is 0 Å². The Kier molecular flexibility index (Phi) is 3.86. The van der Waals surface area contributed by atoms with Crippen LogP contribution in [0.25, 0.3) is 0 Å². The summed E-state index contributed by atoms with van der Waals surface area (Å²) in [5.41, 5.74) is 6.32. The van der Waals surface area contributed by atoms with Crippen molar-refractivity contribution in [2.45, 2.75) is 32.9 Å². The van der Waals surface area contributed by atoms with Crippen molar-refractivity contribution < 1.29 is 8.98 Å². The summed E-state index contributed by atoms with van der Waals surface area (Å²) in [5, 5.41) is 0.224. The van der Waals surface area contributed by atoms with Gasteiger partial charge < -0.3 is 5.73 Å². The minimum Gasteiger partial charge on any atom is -0.343 e. The highest BCUT2D eigenvalue weighted by molar-refractivity contribution is 7.79. The van der Waals surface area contributed by atoms with Gasteiger partial charge in [0, 0.05) is 17.8 Å². The topological polar surface area (TPSA) is 52.0 Å². The molecule has 1 atom stereocenters. The van der Waals surface area contributed by atoms with Crippen LogP contribution in [0.3, 0.4) is 0 Å². The fraction of sp³-hybridized carbons (Fsp3) is 0.417. The molecule has 4 N–H and O–H groups in total. The first-order valence-electron chi connectivity index (χ1n) is 5.38. The SMILES string of the molecule is CC(C)(C)[N+](N)(Cc1ccc(F)cc1)C(N)=S. The van der Waals surface area contributed by atoms with Gasteiger partial charge in [0.25, 0.3) is 5.11 Å².